The Morgan fingerprint density at radius 3 is 2.72 bits per heavy atom. The lowest BCUT2D eigenvalue weighted by Crippen LogP contribution is -2.46. The van der Waals surface area contributed by atoms with Crippen LogP contribution < -0.4 is 5.32 Å². The molecular weight excluding hydrogens is 487 g/mol. The number of carbonyl (C=O) groups is 1. The Labute approximate surface area is 204 Å². The van der Waals surface area contributed by atoms with E-state index in [0.717, 1.165) is 11.5 Å². The summed E-state index contributed by atoms with van der Waals surface area (Å²) in [5.41, 5.74) is 3.10. The van der Waals surface area contributed by atoms with Gasteiger partial charge in [-0.25, -0.2) is 12.7 Å². The molecule has 2 aromatic carbocycles. The van der Waals surface area contributed by atoms with E-state index in [4.69, 9.17) is 23.2 Å². The Morgan fingerprint density at radius 1 is 1.16 bits per heavy atom. The van der Waals surface area contributed by atoms with Crippen molar-refractivity contribution in [2.75, 3.05) is 25.4 Å². The molecule has 0 aliphatic carbocycles. The minimum Gasteiger partial charge on any atom is -0.355 e. The monoisotopic (exact) mass is 514 g/mol. The summed E-state index contributed by atoms with van der Waals surface area (Å²) in [5, 5.41) is 3.69. The van der Waals surface area contributed by atoms with Crippen molar-refractivity contribution in [2.24, 2.45) is 5.92 Å². The first-order valence-corrected chi connectivity index (χ1v) is 14.1. The summed E-state index contributed by atoms with van der Waals surface area (Å²) >= 11 is 13.7. The highest BCUT2D eigenvalue weighted by Gasteiger charge is 2.32. The van der Waals surface area contributed by atoms with Crippen LogP contribution in [-0.2, 0) is 26.3 Å². The SMILES string of the molecule is Cc1cccc(CSCCNC(=O)C2CCCN(S(=O)(=O)Cc3ccc(Cl)c(Cl)c3)C2)c1. The zero-order valence-electron chi connectivity index (χ0n) is 18.0. The van der Waals surface area contributed by atoms with Gasteiger partial charge in [-0.1, -0.05) is 59.1 Å². The van der Waals surface area contributed by atoms with E-state index >= 15 is 0 Å². The zero-order chi connectivity index (χ0) is 23.1. The van der Waals surface area contributed by atoms with Crippen molar-refractivity contribution in [3.8, 4) is 0 Å². The number of halogens is 2. The fraction of sp³-hybridized carbons (Fsp3) is 0.435. The van der Waals surface area contributed by atoms with E-state index in [1.165, 1.54) is 15.4 Å². The third-order valence-corrected chi connectivity index (χ3v) is 8.96. The number of benzene rings is 2. The summed E-state index contributed by atoms with van der Waals surface area (Å²) in [5.74, 6) is 1.16. The summed E-state index contributed by atoms with van der Waals surface area (Å²) < 4.78 is 27.2. The predicted molar refractivity (Wildman–Crippen MR) is 134 cm³/mol. The number of amides is 1. The van der Waals surface area contributed by atoms with Crippen molar-refractivity contribution in [1.82, 2.24) is 9.62 Å². The second-order valence-electron chi connectivity index (χ2n) is 8.03. The van der Waals surface area contributed by atoms with E-state index in [-0.39, 0.29) is 24.1 Å². The molecule has 2 aromatic rings. The van der Waals surface area contributed by atoms with Gasteiger partial charge in [-0.3, -0.25) is 4.79 Å². The van der Waals surface area contributed by atoms with Gasteiger partial charge in [-0.15, -0.1) is 0 Å². The molecule has 0 radical (unpaired) electrons. The molecule has 1 fully saturated rings. The quantitative estimate of drug-likeness (QED) is 0.483. The molecule has 1 unspecified atom stereocenters. The Kier molecular flexibility index (Phi) is 9.32. The van der Waals surface area contributed by atoms with Gasteiger partial charge in [0.25, 0.3) is 0 Å². The van der Waals surface area contributed by atoms with E-state index < -0.39 is 10.0 Å². The van der Waals surface area contributed by atoms with E-state index in [1.807, 2.05) is 0 Å². The van der Waals surface area contributed by atoms with Gasteiger partial charge in [-0.2, -0.15) is 11.8 Å². The molecular formula is C23H28Cl2N2O3S2. The zero-order valence-corrected chi connectivity index (χ0v) is 21.2. The fourth-order valence-electron chi connectivity index (χ4n) is 3.72. The number of carbonyl (C=O) groups excluding carboxylic acids is 1. The maximum Gasteiger partial charge on any atom is 0.224 e. The maximum atomic E-state index is 12.9. The van der Waals surface area contributed by atoms with Gasteiger partial charge in [0, 0.05) is 31.1 Å². The van der Waals surface area contributed by atoms with Gasteiger partial charge in [0.2, 0.25) is 15.9 Å². The number of aryl methyl sites for hydroxylation is 1. The van der Waals surface area contributed by atoms with Crippen LogP contribution in [0.1, 0.15) is 29.5 Å². The Balaban J connectivity index is 1.45. The van der Waals surface area contributed by atoms with Gasteiger partial charge in [0.1, 0.15) is 0 Å². The molecule has 0 saturated carbocycles. The molecule has 1 atom stereocenters. The first kappa shape index (κ1) is 25.4. The first-order chi connectivity index (χ1) is 15.2. The van der Waals surface area contributed by atoms with Gasteiger partial charge < -0.3 is 5.32 Å². The molecule has 1 aliphatic heterocycles. The number of piperidine rings is 1. The van der Waals surface area contributed by atoms with Gasteiger partial charge >= 0.3 is 0 Å². The third-order valence-electron chi connectivity index (χ3n) is 5.38. The van der Waals surface area contributed by atoms with Crippen LogP contribution in [0.4, 0.5) is 0 Å². The van der Waals surface area contributed by atoms with E-state index in [0.29, 0.717) is 41.5 Å². The number of rotatable bonds is 9. The molecule has 1 N–H and O–H groups in total. The summed E-state index contributed by atoms with van der Waals surface area (Å²) in [6.45, 7) is 3.29. The van der Waals surface area contributed by atoms with Crippen LogP contribution in [0.3, 0.4) is 0 Å². The van der Waals surface area contributed by atoms with Gasteiger partial charge in [0.15, 0.2) is 0 Å². The normalized spacial score (nSPS) is 17.3. The number of nitrogens with one attached hydrogen (secondary N) is 1. The largest absolute Gasteiger partial charge is 0.355 e. The standard InChI is InChI=1S/C23H28Cl2N2O3S2/c1-17-4-2-5-18(12-17)15-31-11-9-26-23(28)20-6-3-10-27(14-20)32(29,30)16-19-7-8-21(24)22(25)13-19/h2,4-5,7-8,12-13,20H,3,6,9-11,14-16H2,1H3,(H,26,28). The molecule has 0 aromatic heterocycles. The summed E-state index contributed by atoms with van der Waals surface area (Å²) in [6, 6.07) is 13.2. The number of sulfonamides is 1. The second kappa shape index (κ2) is 11.7. The molecule has 174 valence electrons. The van der Waals surface area contributed by atoms with Crippen molar-refractivity contribution >= 4 is 50.9 Å². The number of hydrogen-bond acceptors (Lipinski definition) is 4. The highest BCUT2D eigenvalue weighted by atomic mass is 35.5. The van der Waals surface area contributed by atoms with Crippen molar-refractivity contribution in [3.05, 3.63) is 69.2 Å². The van der Waals surface area contributed by atoms with Gasteiger partial charge in [0.05, 0.1) is 21.7 Å². The molecule has 0 spiro atoms. The molecule has 0 bridgehead atoms. The van der Waals surface area contributed by atoms with Crippen LogP contribution in [0, 0.1) is 12.8 Å². The first-order valence-electron chi connectivity index (χ1n) is 10.6. The molecule has 1 aliphatic rings. The van der Waals surface area contributed by atoms with Crippen molar-refractivity contribution in [3.63, 3.8) is 0 Å². The second-order valence-corrected chi connectivity index (χ2v) is 11.9. The lowest BCUT2D eigenvalue weighted by molar-refractivity contribution is -0.125. The Hall–Kier alpha value is -1.25. The van der Waals surface area contributed by atoms with Crippen LogP contribution in [-0.4, -0.2) is 44.0 Å². The average molecular weight is 516 g/mol. The van der Waals surface area contributed by atoms with E-state index in [2.05, 4.69) is 36.5 Å². The third kappa shape index (κ3) is 7.39. The molecule has 1 saturated heterocycles. The molecule has 9 heteroatoms. The average Bonchev–Trinajstić information content (AvgIpc) is 2.76. The summed E-state index contributed by atoms with van der Waals surface area (Å²) in [7, 11) is -3.55. The summed E-state index contributed by atoms with van der Waals surface area (Å²) in [6.07, 6.45) is 1.36. The van der Waals surface area contributed by atoms with Crippen LogP contribution in [0.5, 0.6) is 0 Å². The van der Waals surface area contributed by atoms with E-state index in [9.17, 15) is 13.2 Å². The van der Waals surface area contributed by atoms with Crippen molar-refractivity contribution in [1.29, 1.82) is 0 Å². The molecule has 1 amide bonds. The van der Waals surface area contributed by atoms with Crippen LogP contribution >= 0.6 is 35.0 Å². The van der Waals surface area contributed by atoms with Crippen LogP contribution in [0.2, 0.25) is 10.0 Å². The molecule has 1 heterocycles. The van der Waals surface area contributed by atoms with Crippen LogP contribution in [0.15, 0.2) is 42.5 Å². The Bertz CT molecular complexity index is 1050. The lowest BCUT2D eigenvalue weighted by Gasteiger charge is -2.31. The topological polar surface area (TPSA) is 66.5 Å². The number of nitrogens with zero attached hydrogens (tertiary/aromatic N) is 1. The molecule has 32 heavy (non-hydrogen) atoms. The molecule has 3 rings (SSSR count). The van der Waals surface area contributed by atoms with E-state index in [1.54, 1.807) is 30.0 Å². The smallest absolute Gasteiger partial charge is 0.224 e. The van der Waals surface area contributed by atoms with Crippen LogP contribution in [0.25, 0.3) is 0 Å². The maximum absolute atomic E-state index is 12.9. The van der Waals surface area contributed by atoms with Crippen molar-refractivity contribution in [2.45, 2.75) is 31.3 Å². The minimum atomic E-state index is -3.55. The lowest BCUT2D eigenvalue weighted by atomic mass is 9.99. The summed E-state index contributed by atoms with van der Waals surface area (Å²) in [4.78, 5) is 12.6. The predicted octanol–water partition coefficient (Wildman–Crippen LogP) is 4.89. The number of thioether (sulfide) groups is 1. The fourth-order valence-corrected chi connectivity index (χ4v) is 6.45. The highest BCUT2D eigenvalue weighted by Crippen LogP contribution is 2.26. The Morgan fingerprint density at radius 2 is 1.97 bits per heavy atom. The molecule has 5 nitrogen and oxygen atoms in total. The van der Waals surface area contributed by atoms with Crippen molar-refractivity contribution < 1.29 is 13.2 Å². The minimum absolute atomic E-state index is 0.0735. The number of hydrogen-bond donors (Lipinski definition) is 1. The highest BCUT2D eigenvalue weighted by molar-refractivity contribution is 7.98. The van der Waals surface area contributed by atoms with Gasteiger partial charge in [-0.05, 0) is 43.0 Å².